The molecule has 0 spiro atoms. The minimum atomic E-state index is -0.138. The molecule has 0 saturated heterocycles. The van der Waals surface area contributed by atoms with Gasteiger partial charge < -0.3 is 5.73 Å². The summed E-state index contributed by atoms with van der Waals surface area (Å²) in [6.45, 7) is 0. The number of hydrogen-bond acceptors (Lipinski definition) is 2. The monoisotopic (exact) mass is 159 g/mol. The molecule has 0 aliphatic carbocycles. The molecular formula is C9H7N2O. The molecule has 0 atom stereocenters. The van der Waals surface area contributed by atoms with Gasteiger partial charge in [-0.15, -0.1) is 0 Å². The zero-order valence-corrected chi connectivity index (χ0v) is 6.32. The third-order valence-electron chi connectivity index (χ3n) is 1.75. The number of hydrogen-bond donors (Lipinski definition) is 1. The predicted molar refractivity (Wildman–Crippen MR) is 44.8 cm³/mol. The van der Waals surface area contributed by atoms with Gasteiger partial charge in [0.05, 0.1) is 17.6 Å². The van der Waals surface area contributed by atoms with Crippen LogP contribution in [0.15, 0.2) is 36.2 Å². The molecule has 2 rings (SSSR count). The van der Waals surface area contributed by atoms with Gasteiger partial charge in [0, 0.05) is 5.56 Å². The molecule has 1 heterocycles. The number of nitrogens with zero attached hydrogens (tertiary/aromatic N) is 1. The van der Waals surface area contributed by atoms with E-state index < -0.39 is 0 Å². The Kier molecular flexibility index (Phi) is 1.37. The summed E-state index contributed by atoms with van der Waals surface area (Å²) in [5.41, 5.74) is 6.89. The van der Waals surface area contributed by atoms with Crippen molar-refractivity contribution >= 4 is 11.5 Å². The van der Waals surface area contributed by atoms with Gasteiger partial charge >= 0.3 is 0 Å². The van der Waals surface area contributed by atoms with Crippen LogP contribution in [0.1, 0.15) is 10.4 Å². The van der Waals surface area contributed by atoms with E-state index in [1.54, 1.807) is 18.2 Å². The highest BCUT2D eigenvalue weighted by Crippen LogP contribution is 2.21. The van der Waals surface area contributed by atoms with Gasteiger partial charge in [0.25, 0.3) is 0 Å². The number of carbonyl (C=O) groups is 1. The van der Waals surface area contributed by atoms with E-state index in [1.165, 1.54) is 6.20 Å². The molecule has 12 heavy (non-hydrogen) atoms. The zero-order valence-electron chi connectivity index (χ0n) is 6.32. The topological polar surface area (TPSA) is 57.2 Å². The van der Waals surface area contributed by atoms with Crippen LogP contribution in [-0.4, -0.2) is 5.78 Å². The van der Waals surface area contributed by atoms with Crippen LogP contribution >= 0.6 is 0 Å². The van der Waals surface area contributed by atoms with Gasteiger partial charge in [-0.3, -0.25) is 10.1 Å². The van der Waals surface area contributed by atoms with Crippen molar-refractivity contribution in [3.63, 3.8) is 0 Å². The minimum absolute atomic E-state index is 0.138. The quantitative estimate of drug-likeness (QED) is 0.611. The summed E-state index contributed by atoms with van der Waals surface area (Å²) >= 11 is 0. The Bertz CT molecular complexity index is 369. The van der Waals surface area contributed by atoms with Crippen molar-refractivity contribution in [1.29, 1.82) is 0 Å². The number of ketones is 1. The Labute approximate surface area is 69.9 Å². The average Bonchev–Trinajstić information content (AvgIpc) is 2.12. The highest BCUT2D eigenvalue weighted by molar-refractivity contribution is 6.12. The fourth-order valence-corrected chi connectivity index (χ4v) is 1.13. The summed E-state index contributed by atoms with van der Waals surface area (Å²) in [6.07, 6.45) is 1.39. The molecule has 0 saturated carbocycles. The highest BCUT2D eigenvalue weighted by Gasteiger charge is 2.17. The molecule has 0 aromatic heterocycles. The summed E-state index contributed by atoms with van der Waals surface area (Å²) in [6, 6.07) is 7.15. The third kappa shape index (κ3) is 0.871. The number of benzene rings is 1. The van der Waals surface area contributed by atoms with Crippen LogP contribution in [0.5, 0.6) is 0 Å². The number of rotatable bonds is 0. The van der Waals surface area contributed by atoms with Gasteiger partial charge in [-0.25, -0.2) is 0 Å². The summed E-state index contributed by atoms with van der Waals surface area (Å²) in [5.74, 6) is -0.138. The Hall–Kier alpha value is -1.77. The van der Waals surface area contributed by atoms with E-state index in [4.69, 9.17) is 5.73 Å². The Morgan fingerprint density at radius 1 is 1.25 bits per heavy atom. The fraction of sp³-hybridized carbons (Fsp3) is 0. The molecule has 1 radical (unpaired) electrons. The normalized spacial score (nSPS) is 14.7. The number of carbonyl (C=O) groups excluding carboxylic acids is 1. The van der Waals surface area contributed by atoms with E-state index in [9.17, 15) is 4.79 Å². The van der Waals surface area contributed by atoms with Crippen molar-refractivity contribution in [3.05, 3.63) is 41.7 Å². The molecule has 1 aromatic carbocycles. The first-order valence-corrected chi connectivity index (χ1v) is 3.59. The maximum atomic E-state index is 11.4. The molecule has 0 bridgehead atoms. The average molecular weight is 159 g/mol. The molecule has 1 aromatic rings. The first-order valence-electron chi connectivity index (χ1n) is 3.59. The first-order chi connectivity index (χ1) is 5.79. The zero-order chi connectivity index (χ0) is 8.55. The summed E-state index contributed by atoms with van der Waals surface area (Å²) in [5, 5.41) is 4.02. The van der Waals surface area contributed by atoms with Gasteiger partial charge in [0.15, 0.2) is 0 Å². The molecule has 59 valence electrons. The van der Waals surface area contributed by atoms with Crippen LogP contribution in [0.4, 0.5) is 5.69 Å². The molecule has 2 N–H and O–H groups in total. The maximum absolute atomic E-state index is 11.4. The Morgan fingerprint density at radius 2 is 2.00 bits per heavy atom. The van der Waals surface area contributed by atoms with E-state index in [0.29, 0.717) is 11.3 Å². The molecule has 0 unspecified atom stereocenters. The van der Waals surface area contributed by atoms with Crippen molar-refractivity contribution in [1.82, 2.24) is 5.32 Å². The van der Waals surface area contributed by atoms with Crippen LogP contribution in [0.3, 0.4) is 0 Å². The van der Waals surface area contributed by atoms with Crippen LogP contribution in [0.2, 0.25) is 0 Å². The SMILES string of the molecule is NC1=C[N]c2ccccc2C1=O. The number of allylic oxidation sites excluding steroid dienone is 1. The highest BCUT2D eigenvalue weighted by atomic mass is 16.1. The Balaban J connectivity index is 2.57. The number of Topliss-reactive ketones (excluding diaryl/α,β-unsaturated/α-hetero) is 1. The van der Waals surface area contributed by atoms with Gasteiger partial charge in [-0.2, -0.15) is 0 Å². The lowest BCUT2D eigenvalue weighted by Gasteiger charge is -2.11. The van der Waals surface area contributed by atoms with Gasteiger partial charge in [-0.1, -0.05) is 12.1 Å². The number of nitrogens with two attached hydrogens (primary N) is 1. The molecular weight excluding hydrogens is 152 g/mol. The Morgan fingerprint density at radius 3 is 2.83 bits per heavy atom. The first kappa shape index (κ1) is 6.91. The summed E-state index contributed by atoms with van der Waals surface area (Å²) < 4.78 is 0. The smallest absolute Gasteiger partial charge is 0.212 e. The number of para-hydroxylation sites is 1. The van der Waals surface area contributed by atoms with Crippen molar-refractivity contribution < 1.29 is 4.79 Å². The second-order valence-corrected chi connectivity index (χ2v) is 2.56. The summed E-state index contributed by atoms with van der Waals surface area (Å²) in [7, 11) is 0. The van der Waals surface area contributed by atoms with Gasteiger partial charge in [0.2, 0.25) is 5.78 Å². The number of fused-ring (bicyclic) bond motifs is 1. The van der Waals surface area contributed by atoms with Crippen molar-refractivity contribution in [2.45, 2.75) is 0 Å². The second-order valence-electron chi connectivity index (χ2n) is 2.56. The lowest BCUT2D eigenvalue weighted by atomic mass is 10.0. The molecule has 1 aliphatic heterocycles. The van der Waals surface area contributed by atoms with Gasteiger partial charge in [0.1, 0.15) is 0 Å². The van der Waals surface area contributed by atoms with Gasteiger partial charge in [-0.05, 0) is 12.1 Å². The third-order valence-corrected chi connectivity index (χ3v) is 1.75. The molecule has 3 nitrogen and oxygen atoms in total. The van der Waals surface area contributed by atoms with E-state index in [0.717, 1.165) is 0 Å². The van der Waals surface area contributed by atoms with E-state index in [1.807, 2.05) is 6.07 Å². The predicted octanol–water partition coefficient (Wildman–Crippen LogP) is 0.919. The molecule has 3 heteroatoms. The van der Waals surface area contributed by atoms with Crippen molar-refractivity contribution in [3.8, 4) is 0 Å². The van der Waals surface area contributed by atoms with Crippen LogP contribution in [0, 0.1) is 0 Å². The van der Waals surface area contributed by atoms with Crippen molar-refractivity contribution in [2.24, 2.45) is 5.73 Å². The van der Waals surface area contributed by atoms with Crippen LogP contribution in [0.25, 0.3) is 0 Å². The second kappa shape index (κ2) is 2.37. The largest absolute Gasteiger partial charge is 0.394 e. The summed E-state index contributed by atoms with van der Waals surface area (Å²) in [4.78, 5) is 11.4. The lowest BCUT2D eigenvalue weighted by molar-refractivity contribution is 0.103. The van der Waals surface area contributed by atoms with Crippen LogP contribution < -0.4 is 11.1 Å². The van der Waals surface area contributed by atoms with Crippen LogP contribution in [-0.2, 0) is 0 Å². The van der Waals surface area contributed by atoms with E-state index in [-0.39, 0.29) is 11.5 Å². The van der Waals surface area contributed by atoms with E-state index in [2.05, 4.69) is 5.32 Å². The molecule has 0 amide bonds. The molecule has 1 aliphatic rings. The minimum Gasteiger partial charge on any atom is -0.394 e. The van der Waals surface area contributed by atoms with Crippen molar-refractivity contribution in [2.75, 3.05) is 0 Å². The fourth-order valence-electron chi connectivity index (χ4n) is 1.13. The molecule has 0 fully saturated rings. The standard InChI is InChI=1S/C9H7N2O/c10-7-5-11-8-4-2-1-3-6(8)9(7)12/h1-5H,10H2. The maximum Gasteiger partial charge on any atom is 0.212 e. The lowest BCUT2D eigenvalue weighted by Crippen LogP contribution is -2.18. The van der Waals surface area contributed by atoms with E-state index >= 15 is 0 Å².